The second kappa shape index (κ2) is 6.34. The number of likely N-dealkylation sites (N-methyl/N-ethyl adjacent to an activating group) is 1. The molecule has 3 heteroatoms. The monoisotopic (exact) mass is 256 g/mol. The van der Waals surface area contributed by atoms with Crippen LogP contribution in [0.5, 0.6) is 5.75 Å². The first-order valence-electron chi connectivity index (χ1n) is 6.46. The number of hydrogen-bond donors (Lipinski definition) is 1. The van der Waals surface area contributed by atoms with Gasteiger partial charge >= 0.3 is 0 Å². The molecule has 0 aliphatic carbocycles. The summed E-state index contributed by atoms with van der Waals surface area (Å²) in [7, 11) is 3.68. The van der Waals surface area contributed by atoms with Gasteiger partial charge in [-0.3, -0.25) is 4.98 Å². The van der Waals surface area contributed by atoms with Crippen molar-refractivity contribution < 1.29 is 4.74 Å². The molecule has 1 N–H and O–H groups in total. The number of nitrogens with one attached hydrogen (secondary N) is 1. The molecule has 0 radical (unpaired) electrons. The Hall–Kier alpha value is -1.87. The molecule has 100 valence electrons. The molecule has 0 spiro atoms. The first kappa shape index (κ1) is 13.6. The molecule has 0 fully saturated rings. The third-order valence-corrected chi connectivity index (χ3v) is 3.30. The maximum absolute atomic E-state index is 5.40. The van der Waals surface area contributed by atoms with Crippen LogP contribution in [0.1, 0.15) is 22.9 Å². The van der Waals surface area contributed by atoms with Crippen LogP contribution in [0.3, 0.4) is 0 Å². The summed E-state index contributed by atoms with van der Waals surface area (Å²) in [4.78, 5) is 4.36. The van der Waals surface area contributed by atoms with Crippen molar-refractivity contribution in [2.45, 2.75) is 19.4 Å². The van der Waals surface area contributed by atoms with E-state index >= 15 is 0 Å². The predicted molar refractivity (Wildman–Crippen MR) is 77.5 cm³/mol. The molecular weight excluding hydrogens is 236 g/mol. The van der Waals surface area contributed by atoms with Crippen molar-refractivity contribution in [3.8, 4) is 5.75 Å². The molecule has 0 saturated carbocycles. The Morgan fingerprint density at radius 1 is 1.21 bits per heavy atom. The highest BCUT2D eigenvalue weighted by Crippen LogP contribution is 2.24. The summed E-state index contributed by atoms with van der Waals surface area (Å²) >= 11 is 0. The molecule has 1 aromatic heterocycles. The van der Waals surface area contributed by atoms with Gasteiger partial charge in [-0.1, -0.05) is 24.3 Å². The van der Waals surface area contributed by atoms with Gasteiger partial charge in [0.1, 0.15) is 5.75 Å². The van der Waals surface area contributed by atoms with E-state index in [4.69, 9.17) is 4.74 Å². The number of hydrogen-bond acceptors (Lipinski definition) is 3. The molecule has 0 bridgehead atoms. The summed E-state index contributed by atoms with van der Waals surface area (Å²) in [6.07, 6.45) is 2.82. The lowest BCUT2D eigenvalue weighted by molar-refractivity contribution is 0.406. The Kier molecular flexibility index (Phi) is 4.53. The average molecular weight is 256 g/mol. The van der Waals surface area contributed by atoms with E-state index in [0.717, 1.165) is 17.9 Å². The van der Waals surface area contributed by atoms with Crippen molar-refractivity contribution in [1.29, 1.82) is 0 Å². The van der Waals surface area contributed by atoms with Gasteiger partial charge < -0.3 is 10.1 Å². The van der Waals surface area contributed by atoms with Gasteiger partial charge in [0.15, 0.2) is 0 Å². The fourth-order valence-corrected chi connectivity index (χ4v) is 2.16. The number of nitrogens with zero attached hydrogens (tertiary/aromatic N) is 1. The number of benzene rings is 1. The zero-order valence-electron chi connectivity index (χ0n) is 11.7. The summed E-state index contributed by atoms with van der Waals surface area (Å²) in [6, 6.07) is 12.5. The highest BCUT2D eigenvalue weighted by molar-refractivity contribution is 5.35. The summed E-state index contributed by atoms with van der Waals surface area (Å²) in [5, 5.41) is 3.34. The van der Waals surface area contributed by atoms with Crippen LogP contribution >= 0.6 is 0 Å². The molecule has 0 amide bonds. The molecule has 1 atom stereocenters. The molecule has 1 aromatic carbocycles. The minimum atomic E-state index is 0.240. The largest absolute Gasteiger partial charge is 0.496 e. The lowest BCUT2D eigenvalue weighted by Gasteiger charge is -2.18. The number of aryl methyl sites for hydroxylation is 1. The molecule has 2 aromatic rings. The van der Waals surface area contributed by atoms with Crippen molar-refractivity contribution in [3.05, 3.63) is 59.4 Å². The fraction of sp³-hybridized carbons (Fsp3) is 0.312. The normalized spacial score (nSPS) is 12.2. The summed E-state index contributed by atoms with van der Waals surface area (Å²) in [5.41, 5.74) is 3.43. The molecular formula is C16H20N2O. The van der Waals surface area contributed by atoms with Crippen molar-refractivity contribution >= 4 is 0 Å². The van der Waals surface area contributed by atoms with Crippen LogP contribution in [0.25, 0.3) is 0 Å². The number of para-hydroxylation sites is 1. The van der Waals surface area contributed by atoms with Crippen molar-refractivity contribution in [1.82, 2.24) is 10.3 Å². The third kappa shape index (κ3) is 3.32. The second-order valence-corrected chi connectivity index (χ2v) is 4.59. The number of rotatable bonds is 5. The molecule has 0 aliphatic rings. The number of ether oxygens (including phenoxy) is 1. The Balaban J connectivity index is 2.21. The highest BCUT2D eigenvalue weighted by atomic mass is 16.5. The van der Waals surface area contributed by atoms with Crippen molar-refractivity contribution in [3.63, 3.8) is 0 Å². The van der Waals surface area contributed by atoms with E-state index in [0.29, 0.717) is 0 Å². The Labute approximate surface area is 114 Å². The van der Waals surface area contributed by atoms with Crippen LogP contribution in [-0.2, 0) is 6.42 Å². The zero-order chi connectivity index (χ0) is 13.7. The molecule has 0 aliphatic heterocycles. The fourth-order valence-electron chi connectivity index (χ4n) is 2.16. The SMILES string of the molecule is CNC(Cc1ccccc1OC)c1ccc(C)nc1. The van der Waals surface area contributed by atoms with Crippen LogP contribution in [0.2, 0.25) is 0 Å². The molecule has 2 rings (SSSR count). The van der Waals surface area contributed by atoms with E-state index in [-0.39, 0.29) is 6.04 Å². The van der Waals surface area contributed by atoms with Gasteiger partial charge in [0.2, 0.25) is 0 Å². The van der Waals surface area contributed by atoms with Gasteiger partial charge in [-0.25, -0.2) is 0 Å². The van der Waals surface area contributed by atoms with Gasteiger partial charge in [-0.15, -0.1) is 0 Å². The van der Waals surface area contributed by atoms with E-state index < -0.39 is 0 Å². The second-order valence-electron chi connectivity index (χ2n) is 4.59. The number of methoxy groups -OCH3 is 1. The van der Waals surface area contributed by atoms with E-state index in [9.17, 15) is 0 Å². The summed E-state index contributed by atoms with van der Waals surface area (Å²) in [6.45, 7) is 2.00. The maximum atomic E-state index is 5.40. The minimum absolute atomic E-state index is 0.240. The smallest absolute Gasteiger partial charge is 0.122 e. The van der Waals surface area contributed by atoms with Crippen LogP contribution in [0.15, 0.2) is 42.6 Å². The van der Waals surface area contributed by atoms with Gasteiger partial charge in [0, 0.05) is 17.9 Å². The quantitative estimate of drug-likeness (QED) is 0.893. The summed E-state index contributed by atoms with van der Waals surface area (Å²) < 4.78 is 5.40. The van der Waals surface area contributed by atoms with Gasteiger partial charge in [-0.05, 0) is 43.7 Å². The molecule has 0 saturated heterocycles. The maximum Gasteiger partial charge on any atom is 0.122 e. The Bertz CT molecular complexity index is 523. The van der Waals surface area contributed by atoms with Gasteiger partial charge in [0.25, 0.3) is 0 Å². The Morgan fingerprint density at radius 3 is 2.63 bits per heavy atom. The topological polar surface area (TPSA) is 34.1 Å². The number of aromatic nitrogens is 1. The van der Waals surface area contributed by atoms with Gasteiger partial charge in [0.05, 0.1) is 7.11 Å². The van der Waals surface area contributed by atoms with E-state index in [1.807, 2.05) is 44.4 Å². The van der Waals surface area contributed by atoms with Crippen molar-refractivity contribution in [2.24, 2.45) is 0 Å². The van der Waals surface area contributed by atoms with Crippen LogP contribution < -0.4 is 10.1 Å². The molecule has 1 unspecified atom stereocenters. The lowest BCUT2D eigenvalue weighted by atomic mass is 9.99. The van der Waals surface area contributed by atoms with Crippen LogP contribution in [-0.4, -0.2) is 19.1 Å². The minimum Gasteiger partial charge on any atom is -0.496 e. The zero-order valence-corrected chi connectivity index (χ0v) is 11.7. The van der Waals surface area contributed by atoms with Crippen molar-refractivity contribution in [2.75, 3.05) is 14.2 Å². The Morgan fingerprint density at radius 2 is 2.00 bits per heavy atom. The molecule has 19 heavy (non-hydrogen) atoms. The third-order valence-electron chi connectivity index (χ3n) is 3.30. The van der Waals surface area contributed by atoms with Gasteiger partial charge in [-0.2, -0.15) is 0 Å². The highest BCUT2D eigenvalue weighted by Gasteiger charge is 2.13. The first-order chi connectivity index (χ1) is 9.24. The van der Waals surface area contributed by atoms with Crippen LogP contribution in [0.4, 0.5) is 0 Å². The lowest BCUT2D eigenvalue weighted by Crippen LogP contribution is -2.19. The average Bonchev–Trinajstić information content (AvgIpc) is 2.46. The molecule has 1 heterocycles. The first-order valence-corrected chi connectivity index (χ1v) is 6.46. The summed E-state index contributed by atoms with van der Waals surface area (Å²) in [5.74, 6) is 0.933. The van der Waals surface area contributed by atoms with E-state index in [2.05, 4.69) is 22.4 Å². The van der Waals surface area contributed by atoms with Crippen LogP contribution in [0, 0.1) is 6.92 Å². The van der Waals surface area contributed by atoms with E-state index in [1.165, 1.54) is 11.1 Å². The molecule has 3 nitrogen and oxygen atoms in total. The van der Waals surface area contributed by atoms with E-state index in [1.54, 1.807) is 7.11 Å². The predicted octanol–water partition coefficient (Wildman–Crippen LogP) is 2.90. The number of pyridine rings is 1. The standard InChI is InChI=1S/C16H20N2O/c1-12-8-9-14(11-18-12)15(17-2)10-13-6-4-5-7-16(13)19-3/h4-9,11,15,17H,10H2,1-3H3.